The molecule has 31 heavy (non-hydrogen) atoms. The topological polar surface area (TPSA) is 94.2 Å². The van der Waals surface area contributed by atoms with E-state index in [4.69, 9.17) is 14.2 Å². The van der Waals surface area contributed by atoms with Gasteiger partial charge in [-0.05, 0) is 24.6 Å². The van der Waals surface area contributed by atoms with E-state index >= 15 is 0 Å². The molecular weight excluding hydrogens is 400 g/mol. The highest BCUT2D eigenvalue weighted by molar-refractivity contribution is 5.95. The van der Waals surface area contributed by atoms with Crippen LogP contribution in [-0.4, -0.2) is 50.1 Å². The molecule has 0 aromatic heterocycles. The first-order chi connectivity index (χ1) is 14.9. The van der Waals surface area contributed by atoms with E-state index in [2.05, 4.69) is 5.32 Å². The fraction of sp³-hybridized carbons (Fsp3) is 0.348. The fourth-order valence-corrected chi connectivity index (χ4v) is 3.53. The minimum atomic E-state index is -0.599. The zero-order valence-corrected chi connectivity index (χ0v) is 17.8. The molecule has 3 rings (SSSR count). The van der Waals surface area contributed by atoms with Crippen molar-refractivity contribution >= 4 is 23.5 Å². The first kappa shape index (κ1) is 22.1. The molecule has 0 bridgehead atoms. The van der Waals surface area contributed by atoms with Crippen molar-refractivity contribution in [3.63, 3.8) is 0 Å². The summed E-state index contributed by atoms with van der Waals surface area (Å²) in [5, 5.41) is 2.64. The molecule has 1 heterocycles. The Morgan fingerprint density at radius 3 is 2.55 bits per heavy atom. The van der Waals surface area contributed by atoms with Gasteiger partial charge in [-0.3, -0.25) is 14.4 Å². The molecule has 2 aromatic rings. The van der Waals surface area contributed by atoms with Gasteiger partial charge in [0.05, 0.1) is 31.9 Å². The van der Waals surface area contributed by atoms with Crippen LogP contribution in [0.15, 0.2) is 48.5 Å². The Bertz CT molecular complexity index is 946. The molecule has 164 valence electrons. The van der Waals surface area contributed by atoms with Gasteiger partial charge >= 0.3 is 5.97 Å². The lowest BCUT2D eigenvalue weighted by molar-refractivity contribution is -0.151. The predicted octanol–water partition coefficient (Wildman–Crippen LogP) is 2.80. The maximum Gasteiger partial charge on any atom is 0.311 e. The molecule has 0 spiro atoms. The van der Waals surface area contributed by atoms with Gasteiger partial charge in [-0.15, -0.1) is 0 Å². The van der Waals surface area contributed by atoms with E-state index < -0.39 is 24.4 Å². The van der Waals surface area contributed by atoms with Gasteiger partial charge in [0.25, 0.3) is 5.91 Å². The zero-order valence-electron chi connectivity index (χ0n) is 17.8. The van der Waals surface area contributed by atoms with Crippen LogP contribution in [0.25, 0.3) is 0 Å². The van der Waals surface area contributed by atoms with Crippen LogP contribution in [0.1, 0.15) is 24.9 Å². The number of carbonyl (C=O) groups excluding carboxylic acids is 3. The van der Waals surface area contributed by atoms with Crippen LogP contribution in [-0.2, 0) is 19.1 Å². The molecule has 8 nitrogen and oxygen atoms in total. The summed E-state index contributed by atoms with van der Waals surface area (Å²) >= 11 is 0. The van der Waals surface area contributed by atoms with Gasteiger partial charge in [0.15, 0.2) is 6.61 Å². The molecule has 1 saturated heterocycles. The average molecular weight is 426 g/mol. The number of rotatable bonds is 8. The summed E-state index contributed by atoms with van der Waals surface area (Å²) in [7, 11) is 3.00. The lowest BCUT2D eigenvalue weighted by Crippen LogP contribution is -2.30. The van der Waals surface area contributed by atoms with E-state index in [1.165, 1.54) is 14.2 Å². The fourth-order valence-electron chi connectivity index (χ4n) is 3.53. The van der Waals surface area contributed by atoms with Gasteiger partial charge in [0, 0.05) is 19.0 Å². The number of esters is 1. The molecule has 0 saturated carbocycles. The Kier molecular flexibility index (Phi) is 7.12. The number of hydrogen-bond donors (Lipinski definition) is 1. The summed E-state index contributed by atoms with van der Waals surface area (Å²) in [4.78, 5) is 38.8. The monoisotopic (exact) mass is 426 g/mol. The number of carbonyl (C=O) groups is 3. The Morgan fingerprint density at radius 2 is 1.87 bits per heavy atom. The van der Waals surface area contributed by atoms with Crippen LogP contribution in [0.4, 0.5) is 5.69 Å². The average Bonchev–Trinajstić information content (AvgIpc) is 3.19. The maximum absolute atomic E-state index is 12.5. The Hall–Kier alpha value is -3.55. The summed E-state index contributed by atoms with van der Waals surface area (Å²) in [6.45, 7) is 1.73. The second-order valence-electron chi connectivity index (χ2n) is 7.26. The highest BCUT2D eigenvalue weighted by atomic mass is 16.5. The largest absolute Gasteiger partial charge is 0.497 e. The number of likely N-dealkylation sites (tertiary alicyclic amines) is 1. The Morgan fingerprint density at radius 1 is 1.13 bits per heavy atom. The SMILES string of the molecule is COc1ccc(OC)c(NC(=O)COC(=O)[C@@H]2CC(=O)N([C@H](C)c3ccccc3)C2)c1. The standard InChI is InChI=1S/C23H26N2O6/c1-15(16-7-5-4-6-8-16)25-13-17(11-22(25)27)23(28)31-14-21(26)24-19-12-18(29-2)9-10-20(19)30-3/h4-10,12,15,17H,11,13-14H2,1-3H3,(H,24,26)/t15-,17-/m1/s1. The van der Waals surface area contributed by atoms with Crippen LogP contribution >= 0.6 is 0 Å². The molecule has 0 aliphatic carbocycles. The summed E-state index contributed by atoms with van der Waals surface area (Å²) in [6.07, 6.45) is 0.0708. The van der Waals surface area contributed by atoms with Crippen molar-refractivity contribution in [2.45, 2.75) is 19.4 Å². The first-order valence-electron chi connectivity index (χ1n) is 9.95. The molecular formula is C23H26N2O6. The quantitative estimate of drug-likeness (QED) is 0.653. The summed E-state index contributed by atoms with van der Waals surface area (Å²) in [5.41, 5.74) is 1.40. The zero-order chi connectivity index (χ0) is 22.4. The van der Waals surface area contributed by atoms with E-state index in [-0.39, 0.29) is 24.9 Å². The molecule has 0 radical (unpaired) electrons. The van der Waals surface area contributed by atoms with Crippen molar-refractivity contribution in [2.24, 2.45) is 5.92 Å². The number of methoxy groups -OCH3 is 2. The molecule has 0 unspecified atom stereocenters. The number of hydrogen-bond acceptors (Lipinski definition) is 6. The molecule has 1 fully saturated rings. The third-order valence-corrected chi connectivity index (χ3v) is 5.27. The van der Waals surface area contributed by atoms with Gasteiger partial charge in [-0.1, -0.05) is 30.3 Å². The minimum absolute atomic E-state index is 0.0708. The van der Waals surface area contributed by atoms with E-state index in [9.17, 15) is 14.4 Å². The smallest absolute Gasteiger partial charge is 0.311 e. The molecule has 8 heteroatoms. The van der Waals surface area contributed by atoms with Crippen LogP contribution in [0.3, 0.4) is 0 Å². The number of anilines is 1. The number of benzene rings is 2. The van der Waals surface area contributed by atoms with Gasteiger partial charge in [-0.25, -0.2) is 0 Å². The number of amides is 2. The van der Waals surface area contributed by atoms with Crippen LogP contribution in [0.5, 0.6) is 11.5 Å². The third-order valence-electron chi connectivity index (χ3n) is 5.27. The van der Waals surface area contributed by atoms with E-state index in [1.807, 2.05) is 37.3 Å². The van der Waals surface area contributed by atoms with Crippen molar-refractivity contribution in [3.05, 3.63) is 54.1 Å². The summed E-state index contributed by atoms with van der Waals surface area (Å²) < 4.78 is 15.5. The highest BCUT2D eigenvalue weighted by Crippen LogP contribution is 2.30. The Balaban J connectivity index is 1.54. The van der Waals surface area contributed by atoms with Gasteiger partial charge < -0.3 is 24.4 Å². The van der Waals surface area contributed by atoms with Crippen molar-refractivity contribution in [1.82, 2.24) is 4.90 Å². The summed E-state index contributed by atoms with van der Waals surface area (Å²) in [6, 6.07) is 14.4. The van der Waals surface area contributed by atoms with Gasteiger partial charge in [0.1, 0.15) is 11.5 Å². The number of ether oxygens (including phenoxy) is 3. The van der Waals surface area contributed by atoms with Crippen LogP contribution in [0, 0.1) is 5.92 Å². The molecule has 2 aromatic carbocycles. The van der Waals surface area contributed by atoms with Gasteiger partial charge in [0.2, 0.25) is 5.91 Å². The Labute approximate surface area is 181 Å². The second kappa shape index (κ2) is 9.97. The van der Waals surface area contributed by atoms with Crippen LogP contribution < -0.4 is 14.8 Å². The van der Waals surface area contributed by atoms with E-state index in [0.717, 1.165) is 5.56 Å². The molecule has 1 aliphatic rings. The second-order valence-corrected chi connectivity index (χ2v) is 7.26. The normalized spacial score (nSPS) is 16.5. The number of nitrogens with zero attached hydrogens (tertiary/aromatic N) is 1. The molecule has 2 atom stereocenters. The summed E-state index contributed by atoms with van der Waals surface area (Å²) in [5.74, 6) is -0.790. The van der Waals surface area contributed by atoms with Crippen molar-refractivity contribution in [3.8, 4) is 11.5 Å². The molecule has 1 aliphatic heterocycles. The minimum Gasteiger partial charge on any atom is -0.497 e. The van der Waals surface area contributed by atoms with Crippen LogP contribution in [0.2, 0.25) is 0 Å². The van der Waals surface area contributed by atoms with E-state index in [1.54, 1.807) is 23.1 Å². The lowest BCUT2D eigenvalue weighted by atomic mass is 10.1. The van der Waals surface area contributed by atoms with Crippen molar-refractivity contribution < 1.29 is 28.6 Å². The van der Waals surface area contributed by atoms with E-state index in [0.29, 0.717) is 17.2 Å². The highest BCUT2D eigenvalue weighted by Gasteiger charge is 2.38. The lowest BCUT2D eigenvalue weighted by Gasteiger charge is -2.25. The predicted molar refractivity (Wildman–Crippen MR) is 114 cm³/mol. The van der Waals surface area contributed by atoms with Crippen molar-refractivity contribution in [1.29, 1.82) is 0 Å². The molecule has 1 N–H and O–H groups in total. The third kappa shape index (κ3) is 5.33. The molecule has 2 amide bonds. The number of nitrogens with one attached hydrogen (secondary N) is 1. The van der Waals surface area contributed by atoms with Crippen molar-refractivity contribution in [2.75, 3.05) is 32.7 Å². The first-order valence-corrected chi connectivity index (χ1v) is 9.95. The van der Waals surface area contributed by atoms with Gasteiger partial charge in [-0.2, -0.15) is 0 Å². The maximum atomic E-state index is 12.5.